The van der Waals surface area contributed by atoms with Crippen LogP contribution in [0, 0.1) is 11.7 Å². The Kier molecular flexibility index (Phi) is 10.1. The van der Waals surface area contributed by atoms with Gasteiger partial charge < -0.3 is 24.1 Å². The lowest BCUT2D eigenvalue weighted by atomic mass is 9.77. The maximum absolute atomic E-state index is 14.1. The van der Waals surface area contributed by atoms with Gasteiger partial charge in [-0.15, -0.1) is 0 Å². The molecule has 1 saturated carbocycles. The average Bonchev–Trinajstić information content (AvgIpc) is 3.81. The number of ether oxygens (including phenoxy) is 2. The second-order valence-corrected chi connectivity index (χ2v) is 16.9. The van der Waals surface area contributed by atoms with Crippen LogP contribution in [0.1, 0.15) is 75.6 Å². The van der Waals surface area contributed by atoms with Crippen molar-refractivity contribution in [1.82, 2.24) is 5.32 Å². The zero-order valence-corrected chi connectivity index (χ0v) is 30.6. The number of likely N-dealkylation sites (N-methyl/N-ethyl adjacent to an activating group) is 1. The first-order valence-electron chi connectivity index (χ1n) is 17.5. The molecule has 1 N–H and O–H groups in total. The van der Waals surface area contributed by atoms with Crippen molar-refractivity contribution < 1.29 is 36.4 Å². The molecule has 9 nitrogen and oxygen atoms in total. The maximum atomic E-state index is 14.1. The van der Waals surface area contributed by atoms with Gasteiger partial charge in [-0.2, -0.15) is 0 Å². The average molecular weight is 707 g/mol. The summed E-state index contributed by atoms with van der Waals surface area (Å²) in [6, 6.07) is 19.4. The summed E-state index contributed by atoms with van der Waals surface area (Å²) in [5.41, 5.74) is 1.28. The summed E-state index contributed by atoms with van der Waals surface area (Å²) < 4.78 is 69.1. The number of fused-ring (bicyclic) bond motifs is 1. The number of sulfonamides is 1. The smallest absolute Gasteiger partial charge is 0.458 e. The van der Waals surface area contributed by atoms with E-state index >= 15 is 0 Å². The monoisotopic (exact) mass is 706 g/mol. The van der Waals surface area contributed by atoms with Crippen LogP contribution >= 0.6 is 0 Å². The van der Waals surface area contributed by atoms with Gasteiger partial charge in [0.1, 0.15) is 11.6 Å². The SMILES string of the molecule is CCS(=O)(=O)N(CC(COCc1ccccc1)CB1OC(C)(C)C(C)(C)O1)c1cc2c(cc1C1CC1)CC(C(=O)NC)(c1ccc(F)cc1)O2. The van der Waals surface area contributed by atoms with Crippen molar-refractivity contribution >= 4 is 28.7 Å². The fraction of sp³-hybridized carbons (Fsp3) is 0.500. The quantitative estimate of drug-likeness (QED) is 0.195. The van der Waals surface area contributed by atoms with Crippen LogP contribution in [-0.4, -0.2) is 58.6 Å². The second-order valence-electron chi connectivity index (χ2n) is 14.7. The molecular formula is C38H48BFN2O7S. The minimum Gasteiger partial charge on any atom is -0.472 e. The molecule has 12 heteroatoms. The van der Waals surface area contributed by atoms with Gasteiger partial charge >= 0.3 is 7.12 Å². The number of halogens is 1. The Morgan fingerprint density at radius 3 is 2.30 bits per heavy atom. The molecule has 0 spiro atoms. The number of carbonyl (C=O) groups excluding carboxylic acids is 1. The Balaban J connectivity index is 1.36. The lowest BCUT2D eigenvalue weighted by Gasteiger charge is -2.32. The van der Waals surface area contributed by atoms with Crippen LogP contribution in [0.3, 0.4) is 0 Å². The fourth-order valence-corrected chi connectivity index (χ4v) is 8.04. The third kappa shape index (κ3) is 7.31. The Hall–Kier alpha value is -3.45. The highest BCUT2D eigenvalue weighted by Crippen LogP contribution is 2.51. The van der Waals surface area contributed by atoms with Crippen LogP contribution in [0.4, 0.5) is 10.1 Å². The van der Waals surface area contributed by atoms with Gasteiger partial charge in [-0.05, 0) is 101 Å². The van der Waals surface area contributed by atoms with Gasteiger partial charge in [0.25, 0.3) is 5.91 Å². The largest absolute Gasteiger partial charge is 0.472 e. The van der Waals surface area contributed by atoms with E-state index in [9.17, 15) is 17.6 Å². The van der Waals surface area contributed by atoms with Crippen LogP contribution in [0.5, 0.6) is 5.75 Å². The van der Waals surface area contributed by atoms with E-state index in [2.05, 4.69) is 5.32 Å². The normalized spacial score (nSPS) is 21.4. The molecule has 2 fully saturated rings. The van der Waals surface area contributed by atoms with Crippen molar-refractivity contribution in [3.8, 4) is 5.75 Å². The van der Waals surface area contributed by atoms with E-state index in [1.54, 1.807) is 25.1 Å². The molecule has 2 heterocycles. The highest BCUT2D eigenvalue weighted by atomic mass is 32.2. The van der Waals surface area contributed by atoms with E-state index in [0.717, 1.165) is 29.5 Å². The summed E-state index contributed by atoms with van der Waals surface area (Å²) in [6.07, 6.45) is 2.51. The standard InChI is InChI=1S/C38H48BFN2O7S/c1-7-50(44,45)42(23-27(25-46-24-26-11-9-8-10-12-26)22-39-48-36(2,3)37(4,5)49-39)33-20-34-29(19-32(33)28-13-14-28)21-38(47-34,35(43)41-6)30-15-17-31(40)18-16-30/h8-12,15-20,27-28H,7,13-14,21-25H2,1-6H3,(H,41,43). The minimum absolute atomic E-state index is 0.110. The molecule has 2 unspecified atom stereocenters. The molecule has 0 radical (unpaired) electrons. The molecule has 1 amide bonds. The van der Waals surface area contributed by atoms with E-state index in [-0.39, 0.29) is 43.1 Å². The van der Waals surface area contributed by atoms with Crippen molar-refractivity contribution in [2.45, 2.75) is 89.5 Å². The molecule has 1 aliphatic carbocycles. The molecule has 3 aliphatic rings. The molecule has 2 atom stereocenters. The predicted octanol–water partition coefficient (Wildman–Crippen LogP) is 6.36. The van der Waals surface area contributed by atoms with Crippen molar-refractivity contribution in [3.05, 3.63) is 94.8 Å². The Morgan fingerprint density at radius 2 is 1.70 bits per heavy atom. The van der Waals surface area contributed by atoms with E-state index in [0.29, 0.717) is 29.9 Å². The first-order chi connectivity index (χ1) is 23.7. The van der Waals surface area contributed by atoms with Crippen LogP contribution in [-0.2, 0) is 47.5 Å². The molecule has 2 aliphatic heterocycles. The number of nitrogens with zero attached hydrogens (tertiary/aromatic N) is 1. The zero-order chi connectivity index (χ0) is 35.9. The molecule has 0 bridgehead atoms. The number of carbonyl (C=O) groups is 1. The van der Waals surface area contributed by atoms with Crippen molar-refractivity contribution in [1.29, 1.82) is 0 Å². The Labute approximate surface area is 296 Å². The highest BCUT2D eigenvalue weighted by Gasteiger charge is 2.52. The second kappa shape index (κ2) is 13.9. The number of hydrogen-bond donors (Lipinski definition) is 1. The molecule has 0 aromatic heterocycles. The molecule has 3 aromatic carbocycles. The molecule has 268 valence electrons. The Morgan fingerprint density at radius 1 is 1.04 bits per heavy atom. The van der Waals surface area contributed by atoms with Gasteiger partial charge in [0, 0.05) is 31.6 Å². The summed E-state index contributed by atoms with van der Waals surface area (Å²) in [5.74, 6) is -0.581. The first-order valence-corrected chi connectivity index (χ1v) is 19.1. The van der Waals surface area contributed by atoms with Crippen LogP contribution in [0.2, 0.25) is 6.32 Å². The van der Waals surface area contributed by atoms with Gasteiger partial charge in [-0.25, -0.2) is 12.8 Å². The maximum Gasteiger partial charge on any atom is 0.458 e. The lowest BCUT2D eigenvalue weighted by molar-refractivity contribution is -0.135. The number of benzene rings is 3. The molecule has 6 rings (SSSR count). The Bertz CT molecular complexity index is 1790. The van der Waals surface area contributed by atoms with Gasteiger partial charge in [-0.1, -0.05) is 42.5 Å². The van der Waals surface area contributed by atoms with Gasteiger partial charge in [0.05, 0.1) is 35.9 Å². The number of nitrogens with one attached hydrogen (secondary N) is 1. The molecular weight excluding hydrogens is 658 g/mol. The molecule has 3 aromatic rings. The summed E-state index contributed by atoms with van der Waals surface area (Å²) >= 11 is 0. The first kappa shape index (κ1) is 36.3. The van der Waals surface area contributed by atoms with Gasteiger partial charge in [0.2, 0.25) is 15.6 Å². The summed E-state index contributed by atoms with van der Waals surface area (Å²) in [7, 11) is -2.81. The van der Waals surface area contributed by atoms with Crippen molar-refractivity contribution in [2.24, 2.45) is 5.92 Å². The van der Waals surface area contributed by atoms with Crippen LogP contribution < -0.4 is 14.4 Å². The lowest BCUT2D eigenvalue weighted by Crippen LogP contribution is -2.46. The van der Waals surface area contributed by atoms with E-state index in [4.69, 9.17) is 18.8 Å². The zero-order valence-electron chi connectivity index (χ0n) is 29.8. The minimum atomic E-state index is -3.80. The fourth-order valence-electron chi connectivity index (χ4n) is 6.83. The number of amides is 1. The van der Waals surface area contributed by atoms with E-state index in [1.807, 2.05) is 64.1 Å². The van der Waals surface area contributed by atoms with Crippen molar-refractivity contribution in [3.63, 3.8) is 0 Å². The third-order valence-electron chi connectivity index (χ3n) is 10.5. The van der Waals surface area contributed by atoms with Crippen LogP contribution in [0.15, 0.2) is 66.7 Å². The summed E-state index contributed by atoms with van der Waals surface area (Å²) in [4.78, 5) is 13.5. The number of hydrogen-bond acceptors (Lipinski definition) is 7. The van der Waals surface area contributed by atoms with Gasteiger partial charge in [-0.3, -0.25) is 9.10 Å². The van der Waals surface area contributed by atoms with Crippen molar-refractivity contribution in [2.75, 3.05) is 30.3 Å². The molecule has 1 saturated heterocycles. The topological polar surface area (TPSA) is 103 Å². The number of rotatable bonds is 14. The number of anilines is 1. The molecule has 50 heavy (non-hydrogen) atoms. The third-order valence-corrected chi connectivity index (χ3v) is 12.3. The predicted molar refractivity (Wildman–Crippen MR) is 192 cm³/mol. The van der Waals surface area contributed by atoms with E-state index in [1.165, 1.54) is 23.5 Å². The van der Waals surface area contributed by atoms with Crippen LogP contribution in [0.25, 0.3) is 0 Å². The summed E-state index contributed by atoms with van der Waals surface area (Å²) in [6.45, 7) is 10.4. The summed E-state index contributed by atoms with van der Waals surface area (Å²) in [5, 5.41) is 2.72. The van der Waals surface area contributed by atoms with E-state index < -0.39 is 39.8 Å². The van der Waals surface area contributed by atoms with Gasteiger partial charge in [0.15, 0.2) is 0 Å². The highest BCUT2D eigenvalue weighted by molar-refractivity contribution is 7.92.